The van der Waals surface area contributed by atoms with Crippen molar-refractivity contribution in [2.24, 2.45) is 0 Å². The highest BCUT2D eigenvalue weighted by Gasteiger charge is 2.34. The van der Waals surface area contributed by atoms with Gasteiger partial charge in [-0.3, -0.25) is 4.79 Å². The minimum absolute atomic E-state index is 0.0245. The van der Waals surface area contributed by atoms with Crippen LogP contribution in [0.5, 0.6) is 5.75 Å². The van der Waals surface area contributed by atoms with Crippen LogP contribution in [0.3, 0.4) is 0 Å². The number of halogens is 1. The Morgan fingerprint density at radius 1 is 1.19 bits per heavy atom. The normalized spacial score (nSPS) is 15.9. The van der Waals surface area contributed by atoms with Crippen LogP contribution in [0.4, 0.5) is 0 Å². The lowest BCUT2D eigenvalue weighted by molar-refractivity contribution is 0.0691. The molecule has 7 nitrogen and oxygen atoms in total. The molecule has 2 aromatic carbocycles. The Balaban J connectivity index is 1.27. The van der Waals surface area contributed by atoms with E-state index >= 15 is 0 Å². The fourth-order valence-corrected chi connectivity index (χ4v) is 5.26. The summed E-state index contributed by atoms with van der Waals surface area (Å²) in [5.74, 6) is -0.288. The smallest absolute Gasteiger partial charge is 0.337 e. The molecule has 0 radical (unpaired) electrons. The van der Waals surface area contributed by atoms with Crippen molar-refractivity contribution < 1.29 is 19.4 Å². The van der Waals surface area contributed by atoms with Crippen LogP contribution in [0.1, 0.15) is 57.0 Å². The fourth-order valence-electron chi connectivity index (χ4n) is 4.32. The van der Waals surface area contributed by atoms with Gasteiger partial charge in [0.25, 0.3) is 5.91 Å². The molecule has 5 rings (SSSR count). The second kappa shape index (κ2) is 8.52. The number of carboxylic acids is 1. The molecule has 0 unspecified atom stereocenters. The van der Waals surface area contributed by atoms with E-state index in [0.717, 1.165) is 24.0 Å². The molecule has 0 saturated heterocycles. The number of fused-ring (bicyclic) bond motifs is 1. The zero-order valence-electron chi connectivity index (χ0n) is 17.1. The van der Waals surface area contributed by atoms with Crippen LogP contribution in [-0.2, 0) is 13.2 Å². The van der Waals surface area contributed by atoms with Gasteiger partial charge < -0.3 is 14.7 Å². The summed E-state index contributed by atoms with van der Waals surface area (Å²) in [6.07, 6.45) is 4.56. The molecule has 32 heavy (non-hydrogen) atoms. The van der Waals surface area contributed by atoms with Gasteiger partial charge in [-0.25, -0.2) is 4.79 Å². The van der Waals surface area contributed by atoms with E-state index in [9.17, 15) is 14.7 Å². The van der Waals surface area contributed by atoms with Crippen LogP contribution in [0.25, 0.3) is 10.6 Å². The van der Waals surface area contributed by atoms with Gasteiger partial charge in [0.15, 0.2) is 5.01 Å². The SMILES string of the molecule is O=C(O)c1cc(-c2nnc(COc3ccc4c(c3)CN(C3CCCC3)C4=O)s2)ccc1Cl. The Bertz CT molecular complexity index is 1210. The van der Waals surface area contributed by atoms with Crippen LogP contribution >= 0.6 is 22.9 Å². The number of carboxylic acid groups (broad SMARTS) is 1. The number of carbonyl (C=O) groups excluding carboxylic acids is 1. The highest BCUT2D eigenvalue weighted by molar-refractivity contribution is 7.14. The molecule has 0 spiro atoms. The highest BCUT2D eigenvalue weighted by Crippen LogP contribution is 2.34. The van der Waals surface area contributed by atoms with Gasteiger partial charge in [0.2, 0.25) is 0 Å². The maximum Gasteiger partial charge on any atom is 0.337 e. The molecule has 1 saturated carbocycles. The topological polar surface area (TPSA) is 92.6 Å². The van der Waals surface area contributed by atoms with Crippen LogP contribution in [0.2, 0.25) is 5.02 Å². The number of carbonyl (C=O) groups is 2. The molecule has 1 N–H and O–H groups in total. The monoisotopic (exact) mass is 469 g/mol. The van der Waals surface area contributed by atoms with Gasteiger partial charge in [0, 0.05) is 23.7 Å². The van der Waals surface area contributed by atoms with E-state index in [0.29, 0.717) is 33.9 Å². The lowest BCUT2D eigenvalue weighted by Crippen LogP contribution is -2.33. The van der Waals surface area contributed by atoms with Crippen molar-refractivity contribution in [1.29, 1.82) is 0 Å². The maximum atomic E-state index is 12.7. The van der Waals surface area contributed by atoms with E-state index in [1.807, 2.05) is 23.1 Å². The minimum Gasteiger partial charge on any atom is -0.486 e. The highest BCUT2D eigenvalue weighted by atomic mass is 35.5. The summed E-state index contributed by atoms with van der Waals surface area (Å²) in [6, 6.07) is 10.7. The number of benzene rings is 2. The van der Waals surface area contributed by atoms with E-state index in [2.05, 4.69) is 10.2 Å². The third kappa shape index (κ3) is 3.96. The second-order valence-electron chi connectivity index (χ2n) is 7.98. The third-order valence-electron chi connectivity index (χ3n) is 5.95. The lowest BCUT2D eigenvalue weighted by atomic mass is 10.1. The Kier molecular flexibility index (Phi) is 5.57. The first kappa shape index (κ1) is 20.9. The predicted octanol–water partition coefficient (Wildman–Crippen LogP) is 5.03. The molecule has 1 aliphatic heterocycles. The van der Waals surface area contributed by atoms with Crippen LogP contribution in [0, 0.1) is 0 Å². The molecule has 9 heteroatoms. The molecule has 0 atom stereocenters. The molecule has 164 valence electrons. The average Bonchev–Trinajstić information content (AvgIpc) is 3.53. The molecule has 1 fully saturated rings. The number of aromatic nitrogens is 2. The van der Waals surface area contributed by atoms with Crippen molar-refractivity contribution in [3.05, 3.63) is 63.1 Å². The summed E-state index contributed by atoms with van der Waals surface area (Å²) in [7, 11) is 0. The molecular weight excluding hydrogens is 450 g/mol. The molecule has 3 aromatic rings. The summed E-state index contributed by atoms with van der Waals surface area (Å²) >= 11 is 7.27. The lowest BCUT2D eigenvalue weighted by Gasteiger charge is -2.23. The molecule has 1 aromatic heterocycles. The van der Waals surface area contributed by atoms with Crippen LogP contribution in [0.15, 0.2) is 36.4 Å². The van der Waals surface area contributed by atoms with E-state index in [1.165, 1.54) is 30.2 Å². The summed E-state index contributed by atoms with van der Waals surface area (Å²) in [5.41, 5.74) is 2.43. The molecule has 2 heterocycles. The van der Waals surface area contributed by atoms with E-state index in [1.54, 1.807) is 12.1 Å². The van der Waals surface area contributed by atoms with E-state index in [-0.39, 0.29) is 23.1 Å². The number of aromatic carboxylic acids is 1. The van der Waals surface area contributed by atoms with Gasteiger partial charge in [0.05, 0.1) is 10.6 Å². The number of amides is 1. The summed E-state index contributed by atoms with van der Waals surface area (Å²) in [4.78, 5) is 26.0. The Hall–Kier alpha value is -2.97. The van der Waals surface area contributed by atoms with Gasteiger partial charge in [-0.2, -0.15) is 0 Å². The Morgan fingerprint density at radius 2 is 2.00 bits per heavy atom. The average molecular weight is 470 g/mol. The number of rotatable bonds is 6. The van der Waals surface area contributed by atoms with Crippen LogP contribution in [-0.4, -0.2) is 38.1 Å². The summed E-state index contributed by atoms with van der Waals surface area (Å²) in [6.45, 7) is 0.873. The number of hydrogen-bond acceptors (Lipinski definition) is 6. The van der Waals surface area contributed by atoms with Gasteiger partial charge in [0.1, 0.15) is 17.4 Å². The van der Waals surface area contributed by atoms with Crippen molar-refractivity contribution in [2.75, 3.05) is 0 Å². The zero-order chi connectivity index (χ0) is 22.2. The zero-order valence-corrected chi connectivity index (χ0v) is 18.7. The second-order valence-corrected chi connectivity index (χ2v) is 9.45. The quantitative estimate of drug-likeness (QED) is 0.544. The Morgan fingerprint density at radius 3 is 2.78 bits per heavy atom. The van der Waals surface area contributed by atoms with E-state index in [4.69, 9.17) is 16.3 Å². The van der Waals surface area contributed by atoms with Crippen molar-refractivity contribution in [3.8, 4) is 16.3 Å². The predicted molar refractivity (Wildman–Crippen MR) is 120 cm³/mol. The summed E-state index contributed by atoms with van der Waals surface area (Å²) < 4.78 is 5.91. The fraction of sp³-hybridized carbons (Fsp3) is 0.304. The van der Waals surface area contributed by atoms with Crippen LogP contribution < -0.4 is 4.74 Å². The molecule has 0 bridgehead atoms. The number of ether oxygens (including phenoxy) is 1. The number of hydrogen-bond donors (Lipinski definition) is 1. The van der Waals surface area contributed by atoms with Crippen molar-refractivity contribution in [1.82, 2.24) is 15.1 Å². The molecular formula is C23H20ClN3O4S. The Labute approximate surface area is 193 Å². The van der Waals surface area contributed by atoms with Gasteiger partial charge in [-0.05, 0) is 48.7 Å². The molecule has 2 aliphatic rings. The number of nitrogens with zero attached hydrogens (tertiary/aromatic N) is 3. The van der Waals surface area contributed by atoms with Gasteiger partial charge >= 0.3 is 5.97 Å². The third-order valence-corrected chi connectivity index (χ3v) is 7.22. The largest absolute Gasteiger partial charge is 0.486 e. The standard InChI is InChI=1S/C23H20ClN3O4S/c24-19-8-5-13(10-18(19)23(29)30)21-26-25-20(32-21)12-31-16-6-7-17-14(9-16)11-27(22(17)28)15-3-1-2-4-15/h5-10,15H,1-4,11-12H2,(H,29,30). The first-order valence-electron chi connectivity index (χ1n) is 10.4. The molecule has 1 amide bonds. The summed E-state index contributed by atoms with van der Waals surface area (Å²) in [5, 5.41) is 19.0. The first-order valence-corrected chi connectivity index (χ1v) is 11.6. The minimum atomic E-state index is -1.09. The van der Waals surface area contributed by atoms with Gasteiger partial charge in [-0.15, -0.1) is 10.2 Å². The maximum absolute atomic E-state index is 12.7. The molecule has 1 aliphatic carbocycles. The van der Waals surface area contributed by atoms with Crippen molar-refractivity contribution in [2.45, 2.75) is 44.9 Å². The van der Waals surface area contributed by atoms with Crippen molar-refractivity contribution in [3.63, 3.8) is 0 Å². The van der Waals surface area contributed by atoms with E-state index < -0.39 is 5.97 Å². The van der Waals surface area contributed by atoms with Crippen molar-refractivity contribution >= 4 is 34.8 Å². The first-order chi connectivity index (χ1) is 15.5. The van der Waals surface area contributed by atoms with Gasteiger partial charge in [-0.1, -0.05) is 41.8 Å².